The number of rotatable bonds is 4. The molecule has 0 aliphatic rings. The van der Waals surface area contributed by atoms with E-state index in [1.807, 2.05) is 13.1 Å². The molecule has 0 aliphatic heterocycles. The minimum absolute atomic E-state index is 0.171. The van der Waals surface area contributed by atoms with Crippen molar-refractivity contribution in [2.75, 3.05) is 14.2 Å². The summed E-state index contributed by atoms with van der Waals surface area (Å²) in [6.07, 6.45) is 3.35. The lowest BCUT2D eigenvalue weighted by Gasteiger charge is -2.18. The summed E-state index contributed by atoms with van der Waals surface area (Å²) >= 11 is 6.09. The Morgan fingerprint density at radius 2 is 2.11 bits per heavy atom. The zero-order chi connectivity index (χ0) is 13.8. The van der Waals surface area contributed by atoms with Crippen LogP contribution in [-0.2, 0) is 0 Å². The molecule has 100 valence electrons. The van der Waals surface area contributed by atoms with E-state index in [0.29, 0.717) is 10.8 Å². The highest BCUT2D eigenvalue weighted by Gasteiger charge is 2.16. The van der Waals surface area contributed by atoms with Crippen LogP contribution >= 0.6 is 11.6 Å². The van der Waals surface area contributed by atoms with Gasteiger partial charge < -0.3 is 10.1 Å². The highest BCUT2D eigenvalue weighted by Crippen LogP contribution is 2.29. The molecule has 0 amide bonds. The van der Waals surface area contributed by atoms with Gasteiger partial charge in [-0.15, -0.1) is 0 Å². The lowest BCUT2D eigenvalue weighted by molar-refractivity contribution is 0.411. The zero-order valence-electron chi connectivity index (χ0n) is 10.7. The fourth-order valence-corrected chi connectivity index (χ4v) is 2.22. The van der Waals surface area contributed by atoms with Gasteiger partial charge in [0.05, 0.1) is 19.3 Å². The molecule has 2 aromatic rings. The summed E-state index contributed by atoms with van der Waals surface area (Å²) in [7, 11) is 3.39. The van der Waals surface area contributed by atoms with Crippen LogP contribution in [0.4, 0.5) is 4.39 Å². The van der Waals surface area contributed by atoms with E-state index < -0.39 is 0 Å². The second-order valence-electron chi connectivity index (χ2n) is 4.05. The molecule has 1 atom stereocenters. The van der Waals surface area contributed by atoms with Gasteiger partial charge >= 0.3 is 0 Å². The predicted octanol–water partition coefficient (Wildman–Crippen LogP) is 3.19. The zero-order valence-corrected chi connectivity index (χ0v) is 11.4. The van der Waals surface area contributed by atoms with Crippen LogP contribution < -0.4 is 10.1 Å². The maximum Gasteiger partial charge on any atom is 0.137 e. The highest BCUT2D eigenvalue weighted by atomic mass is 35.5. The van der Waals surface area contributed by atoms with Gasteiger partial charge in [-0.25, -0.2) is 4.39 Å². The maximum absolute atomic E-state index is 13.1. The molecule has 3 nitrogen and oxygen atoms in total. The lowest BCUT2D eigenvalue weighted by Crippen LogP contribution is -2.18. The molecule has 1 aromatic carbocycles. The molecule has 1 aromatic heterocycles. The lowest BCUT2D eigenvalue weighted by atomic mass is 10.00. The molecule has 1 unspecified atom stereocenters. The van der Waals surface area contributed by atoms with Crippen molar-refractivity contribution in [3.63, 3.8) is 0 Å². The molecule has 0 saturated heterocycles. The minimum atomic E-state index is -0.354. The minimum Gasteiger partial charge on any atom is -0.495 e. The molecule has 19 heavy (non-hydrogen) atoms. The third-order valence-corrected chi connectivity index (χ3v) is 3.19. The molecule has 0 bridgehead atoms. The molecule has 0 spiro atoms. The van der Waals surface area contributed by atoms with Crippen LogP contribution in [0.25, 0.3) is 0 Å². The second kappa shape index (κ2) is 5.99. The highest BCUT2D eigenvalue weighted by molar-refractivity contribution is 6.31. The number of ether oxygens (including phenoxy) is 1. The van der Waals surface area contributed by atoms with Gasteiger partial charge in [0.1, 0.15) is 11.6 Å². The summed E-state index contributed by atoms with van der Waals surface area (Å²) in [5.41, 5.74) is 1.69. The van der Waals surface area contributed by atoms with Crippen molar-refractivity contribution in [1.29, 1.82) is 0 Å². The monoisotopic (exact) mass is 280 g/mol. The predicted molar refractivity (Wildman–Crippen MR) is 73.1 cm³/mol. The molecular weight excluding hydrogens is 267 g/mol. The van der Waals surface area contributed by atoms with Crippen LogP contribution in [0, 0.1) is 5.82 Å². The Hall–Kier alpha value is -1.65. The van der Waals surface area contributed by atoms with E-state index >= 15 is 0 Å². The van der Waals surface area contributed by atoms with Gasteiger partial charge in [0.2, 0.25) is 0 Å². The standard InChI is InChI=1S/C14H14ClFN2O/c1-17-14(9-5-11(19-2)8-18-7-9)12-4-3-10(16)6-13(12)15/h3-8,14,17H,1-2H3. The summed E-state index contributed by atoms with van der Waals surface area (Å²) < 4.78 is 18.3. The number of hydrogen-bond donors (Lipinski definition) is 1. The summed E-state index contributed by atoms with van der Waals surface area (Å²) in [6, 6.07) is 6.05. The van der Waals surface area contributed by atoms with E-state index in [-0.39, 0.29) is 11.9 Å². The summed E-state index contributed by atoms with van der Waals surface area (Å²) in [4.78, 5) is 4.11. The topological polar surface area (TPSA) is 34.2 Å². The van der Waals surface area contributed by atoms with Crippen LogP contribution in [0.3, 0.4) is 0 Å². The number of pyridine rings is 1. The van der Waals surface area contributed by atoms with Crippen molar-refractivity contribution in [2.24, 2.45) is 0 Å². The van der Waals surface area contributed by atoms with E-state index in [2.05, 4.69) is 10.3 Å². The first-order valence-corrected chi connectivity index (χ1v) is 6.14. The quantitative estimate of drug-likeness (QED) is 0.934. The molecule has 1 heterocycles. The molecule has 0 fully saturated rings. The van der Waals surface area contributed by atoms with Crippen molar-refractivity contribution in [2.45, 2.75) is 6.04 Å². The first kappa shape index (κ1) is 13.8. The van der Waals surface area contributed by atoms with Gasteiger partial charge in [0, 0.05) is 11.2 Å². The van der Waals surface area contributed by atoms with Gasteiger partial charge in [-0.05, 0) is 36.4 Å². The molecule has 0 aliphatic carbocycles. The summed E-state index contributed by atoms with van der Waals surface area (Å²) in [5.74, 6) is 0.309. The second-order valence-corrected chi connectivity index (χ2v) is 4.45. The van der Waals surface area contributed by atoms with E-state index in [4.69, 9.17) is 16.3 Å². The fourth-order valence-electron chi connectivity index (χ4n) is 1.94. The van der Waals surface area contributed by atoms with Gasteiger partial charge in [-0.2, -0.15) is 0 Å². The Morgan fingerprint density at radius 1 is 1.32 bits per heavy atom. The van der Waals surface area contributed by atoms with Crippen molar-refractivity contribution in [1.82, 2.24) is 10.3 Å². The third-order valence-electron chi connectivity index (χ3n) is 2.87. The Labute approximate surface area is 116 Å². The number of hydrogen-bond acceptors (Lipinski definition) is 3. The van der Waals surface area contributed by atoms with E-state index in [9.17, 15) is 4.39 Å². The molecular formula is C14H14ClFN2O. The van der Waals surface area contributed by atoms with Gasteiger partial charge in [-0.1, -0.05) is 17.7 Å². The van der Waals surface area contributed by atoms with Crippen LogP contribution in [0.2, 0.25) is 5.02 Å². The van der Waals surface area contributed by atoms with E-state index in [1.165, 1.54) is 12.1 Å². The summed E-state index contributed by atoms with van der Waals surface area (Å²) in [6.45, 7) is 0. The first-order chi connectivity index (χ1) is 9.15. The van der Waals surface area contributed by atoms with E-state index in [1.54, 1.807) is 25.6 Å². The Morgan fingerprint density at radius 3 is 2.74 bits per heavy atom. The number of methoxy groups -OCH3 is 1. The van der Waals surface area contributed by atoms with Gasteiger partial charge in [0.15, 0.2) is 0 Å². The third kappa shape index (κ3) is 3.03. The van der Waals surface area contributed by atoms with Gasteiger partial charge in [0.25, 0.3) is 0 Å². The van der Waals surface area contributed by atoms with Crippen LogP contribution in [0.5, 0.6) is 5.75 Å². The number of halogens is 2. The molecule has 0 radical (unpaired) electrons. The van der Waals surface area contributed by atoms with Crippen LogP contribution in [0.1, 0.15) is 17.2 Å². The van der Waals surface area contributed by atoms with Crippen LogP contribution in [-0.4, -0.2) is 19.1 Å². The van der Waals surface area contributed by atoms with E-state index in [0.717, 1.165) is 11.1 Å². The Bertz CT molecular complexity index is 577. The molecule has 0 saturated carbocycles. The Balaban J connectivity index is 2.43. The molecule has 5 heteroatoms. The molecule has 2 rings (SSSR count). The molecule has 1 N–H and O–H groups in total. The number of aromatic nitrogens is 1. The smallest absolute Gasteiger partial charge is 0.137 e. The van der Waals surface area contributed by atoms with Crippen molar-refractivity contribution < 1.29 is 9.13 Å². The average Bonchev–Trinajstić information content (AvgIpc) is 2.42. The number of benzene rings is 1. The van der Waals surface area contributed by atoms with Crippen LogP contribution in [0.15, 0.2) is 36.7 Å². The first-order valence-electron chi connectivity index (χ1n) is 5.77. The SMILES string of the molecule is CNC(c1cncc(OC)c1)c1ccc(F)cc1Cl. The Kier molecular flexibility index (Phi) is 4.35. The normalized spacial score (nSPS) is 12.2. The van der Waals surface area contributed by atoms with Crippen molar-refractivity contribution >= 4 is 11.6 Å². The van der Waals surface area contributed by atoms with Crippen molar-refractivity contribution in [3.8, 4) is 5.75 Å². The average molecular weight is 281 g/mol. The maximum atomic E-state index is 13.1. The van der Waals surface area contributed by atoms with Crippen molar-refractivity contribution in [3.05, 3.63) is 58.6 Å². The van der Waals surface area contributed by atoms with Gasteiger partial charge in [-0.3, -0.25) is 4.98 Å². The fraction of sp³-hybridized carbons (Fsp3) is 0.214. The largest absolute Gasteiger partial charge is 0.495 e. The number of nitrogens with one attached hydrogen (secondary N) is 1. The summed E-state index contributed by atoms with van der Waals surface area (Å²) in [5, 5.41) is 3.52. The number of nitrogens with zero attached hydrogens (tertiary/aromatic N) is 1.